The Morgan fingerprint density at radius 2 is 2.18 bits per heavy atom. The highest BCUT2D eigenvalue weighted by atomic mass is 79.9. The van der Waals surface area contributed by atoms with Crippen molar-refractivity contribution < 1.29 is 5.11 Å². The molecule has 0 bridgehead atoms. The molecule has 0 aliphatic heterocycles. The first-order valence-corrected chi connectivity index (χ1v) is 4.54. The van der Waals surface area contributed by atoms with Gasteiger partial charge in [0.15, 0.2) is 0 Å². The Labute approximate surface area is 76.8 Å². The molecule has 1 atom stereocenters. The second-order valence-electron chi connectivity index (χ2n) is 2.93. The van der Waals surface area contributed by atoms with Gasteiger partial charge in [-0.25, -0.2) is 0 Å². The molecule has 3 heteroatoms. The van der Waals surface area contributed by atoms with Crippen LogP contribution in [0, 0.1) is 5.92 Å². The fourth-order valence-electron chi connectivity index (χ4n) is 0.753. The first-order valence-electron chi connectivity index (χ1n) is 3.75. The zero-order valence-electron chi connectivity index (χ0n) is 7.10. The van der Waals surface area contributed by atoms with Gasteiger partial charge in [0.25, 0.3) is 0 Å². The van der Waals surface area contributed by atoms with Crippen LogP contribution in [0.2, 0.25) is 0 Å². The van der Waals surface area contributed by atoms with Crippen LogP contribution < -0.4 is 5.32 Å². The summed E-state index contributed by atoms with van der Waals surface area (Å²) in [5.74, 6) is 0.451. The number of aliphatic hydroxyl groups is 1. The van der Waals surface area contributed by atoms with Crippen LogP contribution in [0.4, 0.5) is 0 Å². The van der Waals surface area contributed by atoms with E-state index in [1.807, 2.05) is 0 Å². The van der Waals surface area contributed by atoms with Gasteiger partial charge in [-0.1, -0.05) is 36.4 Å². The highest BCUT2D eigenvalue weighted by Gasteiger charge is 2.10. The van der Waals surface area contributed by atoms with Crippen LogP contribution in [0.15, 0.2) is 11.1 Å². The van der Waals surface area contributed by atoms with E-state index in [1.165, 1.54) is 0 Å². The molecule has 0 amide bonds. The van der Waals surface area contributed by atoms with E-state index >= 15 is 0 Å². The van der Waals surface area contributed by atoms with E-state index in [9.17, 15) is 0 Å². The maximum absolute atomic E-state index is 8.90. The maximum Gasteiger partial charge on any atom is 0.0587 e. The summed E-state index contributed by atoms with van der Waals surface area (Å²) < 4.78 is 0.914. The van der Waals surface area contributed by atoms with E-state index in [2.05, 4.69) is 41.7 Å². The van der Waals surface area contributed by atoms with Crippen molar-refractivity contribution in [3.63, 3.8) is 0 Å². The first-order chi connectivity index (χ1) is 5.07. The van der Waals surface area contributed by atoms with Crippen LogP contribution in [-0.2, 0) is 0 Å². The number of hydrogen-bond acceptors (Lipinski definition) is 2. The zero-order chi connectivity index (χ0) is 8.85. The monoisotopic (exact) mass is 221 g/mol. The molecule has 0 fully saturated rings. The molecule has 11 heavy (non-hydrogen) atoms. The van der Waals surface area contributed by atoms with E-state index in [4.69, 9.17) is 5.11 Å². The molecule has 66 valence electrons. The lowest BCUT2D eigenvalue weighted by Gasteiger charge is -2.19. The minimum absolute atomic E-state index is 0.171. The van der Waals surface area contributed by atoms with Gasteiger partial charge in [0, 0.05) is 17.1 Å². The van der Waals surface area contributed by atoms with Crippen molar-refractivity contribution in [1.82, 2.24) is 5.32 Å². The number of halogens is 1. The lowest BCUT2D eigenvalue weighted by molar-refractivity contribution is 0.214. The smallest absolute Gasteiger partial charge is 0.0587 e. The predicted molar refractivity (Wildman–Crippen MR) is 51.8 cm³/mol. The number of nitrogens with one attached hydrogen (secondary N) is 1. The second kappa shape index (κ2) is 5.75. The van der Waals surface area contributed by atoms with E-state index < -0.39 is 0 Å². The Balaban J connectivity index is 3.61. The van der Waals surface area contributed by atoms with Gasteiger partial charge in [-0.05, 0) is 5.92 Å². The van der Waals surface area contributed by atoms with Crippen molar-refractivity contribution in [3.05, 3.63) is 11.1 Å². The Morgan fingerprint density at radius 3 is 2.45 bits per heavy atom. The topological polar surface area (TPSA) is 32.3 Å². The summed E-state index contributed by atoms with van der Waals surface area (Å²) in [7, 11) is 0. The molecule has 2 nitrogen and oxygen atoms in total. The van der Waals surface area contributed by atoms with Gasteiger partial charge in [0.1, 0.15) is 0 Å². The second-order valence-corrected chi connectivity index (χ2v) is 4.05. The number of aliphatic hydroxyl groups excluding tert-OH is 1. The van der Waals surface area contributed by atoms with Crippen molar-refractivity contribution >= 4 is 15.9 Å². The molecular weight excluding hydrogens is 206 g/mol. The quantitative estimate of drug-likeness (QED) is 0.738. The van der Waals surface area contributed by atoms with E-state index in [-0.39, 0.29) is 12.6 Å². The van der Waals surface area contributed by atoms with E-state index in [0.29, 0.717) is 12.5 Å². The third-order valence-electron chi connectivity index (χ3n) is 1.56. The van der Waals surface area contributed by atoms with Crippen LogP contribution in [0.5, 0.6) is 0 Å². The van der Waals surface area contributed by atoms with E-state index in [1.54, 1.807) is 0 Å². The molecule has 0 saturated heterocycles. The standard InChI is InChI=1S/C8H16BrNO/c1-6(2)8(5-11)10-4-7(3)9/h6,8,10-11H,3-5H2,1-2H3/t8-/m1/s1. The molecule has 0 heterocycles. The molecule has 0 aromatic heterocycles. The van der Waals surface area contributed by atoms with Gasteiger partial charge in [-0.15, -0.1) is 0 Å². The molecular formula is C8H16BrNO. The Kier molecular flexibility index (Phi) is 5.82. The largest absolute Gasteiger partial charge is 0.395 e. The fourth-order valence-corrected chi connectivity index (χ4v) is 0.915. The molecule has 0 spiro atoms. The molecule has 0 aliphatic rings. The van der Waals surface area contributed by atoms with Gasteiger partial charge >= 0.3 is 0 Å². The van der Waals surface area contributed by atoms with Gasteiger partial charge in [-0.3, -0.25) is 0 Å². The minimum atomic E-state index is 0.171. The highest BCUT2D eigenvalue weighted by molar-refractivity contribution is 9.11. The van der Waals surface area contributed by atoms with Crippen molar-refractivity contribution in [2.24, 2.45) is 5.92 Å². The van der Waals surface area contributed by atoms with Gasteiger partial charge < -0.3 is 10.4 Å². The van der Waals surface area contributed by atoms with Crippen LogP contribution >= 0.6 is 15.9 Å². The lowest BCUT2D eigenvalue weighted by Crippen LogP contribution is -2.37. The average molecular weight is 222 g/mol. The van der Waals surface area contributed by atoms with Gasteiger partial charge in [-0.2, -0.15) is 0 Å². The van der Waals surface area contributed by atoms with E-state index in [0.717, 1.165) is 4.48 Å². The number of hydrogen-bond donors (Lipinski definition) is 2. The molecule has 0 radical (unpaired) electrons. The summed E-state index contributed by atoms with van der Waals surface area (Å²) >= 11 is 3.24. The summed E-state index contributed by atoms with van der Waals surface area (Å²) in [6.07, 6.45) is 0. The molecule has 0 saturated carbocycles. The lowest BCUT2D eigenvalue weighted by atomic mass is 10.1. The fraction of sp³-hybridized carbons (Fsp3) is 0.750. The summed E-state index contributed by atoms with van der Waals surface area (Å²) in [5.41, 5.74) is 0. The van der Waals surface area contributed by atoms with Crippen LogP contribution in [0.3, 0.4) is 0 Å². The predicted octanol–water partition coefficient (Wildman–Crippen LogP) is 1.50. The van der Waals surface area contributed by atoms with Crippen LogP contribution in [-0.4, -0.2) is 24.3 Å². The van der Waals surface area contributed by atoms with Crippen molar-refractivity contribution in [3.8, 4) is 0 Å². The normalized spacial score (nSPS) is 13.5. The van der Waals surface area contributed by atoms with Crippen molar-refractivity contribution in [2.75, 3.05) is 13.2 Å². The summed E-state index contributed by atoms with van der Waals surface area (Å²) in [6, 6.07) is 0.171. The van der Waals surface area contributed by atoms with Crippen molar-refractivity contribution in [2.45, 2.75) is 19.9 Å². The van der Waals surface area contributed by atoms with Gasteiger partial charge in [0.05, 0.1) is 6.61 Å². The highest BCUT2D eigenvalue weighted by Crippen LogP contribution is 2.03. The Hall–Kier alpha value is 0.140. The third-order valence-corrected chi connectivity index (χ3v) is 1.84. The molecule has 0 aromatic rings. The summed E-state index contributed by atoms with van der Waals surface area (Å²) in [4.78, 5) is 0. The van der Waals surface area contributed by atoms with Crippen LogP contribution in [0.25, 0.3) is 0 Å². The summed E-state index contributed by atoms with van der Waals surface area (Å²) in [5, 5.41) is 12.1. The number of rotatable bonds is 5. The molecule has 2 N–H and O–H groups in total. The molecule has 0 aliphatic carbocycles. The Bertz CT molecular complexity index is 125. The maximum atomic E-state index is 8.90. The first kappa shape index (κ1) is 11.1. The third kappa shape index (κ3) is 5.41. The SMILES string of the molecule is C=C(Br)CN[C@H](CO)C(C)C. The molecule has 0 aromatic carbocycles. The van der Waals surface area contributed by atoms with Gasteiger partial charge in [0.2, 0.25) is 0 Å². The zero-order valence-corrected chi connectivity index (χ0v) is 8.69. The minimum Gasteiger partial charge on any atom is -0.395 e. The van der Waals surface area contributed by atoms with Crippen LogP contribution in [0.1, 0.15) is 13.8 Å². The van der Waals surface area contributed by atoms with Crippen molar-refractivity contribution in [1.29, 1.82) is 0 Å². The molecule has 0 unspecified atom stereocenters. The Morgan fingerprint density at radius 1 is 1.64 bits per heavy atom. The molecule has 0 rings (SSSR count). The average Bonchev–Trinajstić information content (AvgIpc) is 1.87. The summed E-state index contributed by atoms with van der Waals surface area (Å²) in [6.45, 7) is 8.73.